The SMILES string of the molecule is Cc1cc(C(F)F)c(CC#N)[nH]c1=O. The Morgan fingerprint density at radius 3 is 2.79 bits per heavy atom. The molecule has 0 aliphatic heterocycles. The highest BCUT2D eigenvalue weighted by Crippen LogP contribution is 2.21. The van der Waals surface area contributed by atoms with Gasteiger partial charge in [0.15, 0.2) is 0 Å². The first kappa shape index (κ1) is 10.4. The number of rotatable bonds is 2. The number of halogens is 2. The van der Waals surface area contributed by atoms with Gasteiger partial charge in [-0.25, -0.2) is 8.78 Å². The molecule has 1 N–H and O–H groups in total. The molecule has 0 radical (unpaired) electrons. The van der Waals surface area contributed by atoms with Gasteiger partial charge in [-0.1, -0.05) is 0 Å². The lowest BCUT2D eigenvalue weighted by Gasteiger charge is -2.06. The van der Waals surface area contributed by atoms with E-state index in [-0.39, 0.29) is 23.2 Å². The van der Waals surface area contributed by atoms with E-state index in [1.807, 2.05) is 0 Å². The zero-order chi connectivity index (χ0) is 10.7. The Kier molecular flexibility index (Phi) is 2.97. The Morgan fingerprint density at radius 2 is 2.29 bits per heavy atom. The van der Waals surface area contributed by atoms with E-state index in [1.165, 1.54) is 6.92 Å². The number of aromatic amines is 1. The van der Waals surface area contributed by atoms with Crippen molar-refractivity contribution in [2.45, 2.75) is 19.8 Å². The van der Waals surface area contributed by atoms with Gasteiger partial charge < -0.3 is 4.98 Å². The Labute approximate surface area is 79.0 Å². The van der Waals surface area contributed by atoms with E-state index in [4.69, 9.17) is 5.26 Å². The maximum atomic E-state index is 12.4. The van der Waals surface area contributed by atoms with E-state index < -0.39 is 12.0 Å². The first-order chi connectivity index (χ1) is 6.56. The molecule has 0 spiro atoms. The lowest BCUT2D eigenvalue weighted by atomic mass is 10.1. The summed E-state index contributed by atoms with van der Waals surface area (Å²) in [6, 6.07) is 2.84. The molecule has 3 nitrogen and oxygen atoms in total. The number of H-pyrrole nitrogens is 1. The monoisotopic (exact) mass is 198 g/mol. The van der Waals surface area contributed by atoms with E-state index in [0.29, 0.717) is 0 Å². The minimum Gasteiger partial charge on any atom is -0.324 e. The van der Waals surface area contributed by atoms with Crippen LogP contribution in [-0.4, -0.2) is 4.98 Å². The number of nitriles is 1. The topological polar surface area (TPSA) is 56.6 Å². The van der Waals surface area contributed by atoms with Crippen LogP contribution in [0.4, 0.5) is 8.78 Å². The third-order valence-electron chi connectivity index (χ3n) is 1.83. The predicted molar refractivity (Wildman–Crippen MR) is 46.1 cm³/mol. The van der Waals surface area contributed by atoms with Crippen LogP contribution in [0.3, 0.4) is 0 Å². The first-order valence-corrected chi connectivity index (χ1v) is 3.94. The second-order valence-corrected chi connectivity index (χ2v) is 2.85. The fourth-order valence-electron chi connectivity index (χ4n) is 1.11. The van der Waals surface area contributed by atoms with Crippen molar-refractivity contribution in [1.29, 1.82) is 5.26 Å². The van der Waals surface area contributed by atoms with Crippen LogP contribution in [-0.2, 0) is 6.42 Å². The lowest BCUT2D eigenvalue weighted by molar-refractivity contribution is 0.149. The highest BCUT2D eigenvalue weighted by Gasteiger charge is 2.14. The zero-order valence-corrected chi connectivity index (χ0v) is 7.47. The van der Waals surface area contributed by atoms with Gasteiger partial charge in [0.25, 0.3) is 12.0 Å². The van der Waals surface area contributed by atoms with E-state index in [9.17, 15) is 13.6 Å². The summed E-state index contributed by atoms with van der Waals surface area (Å²) in [7, 11) is 0. The summed E-state index contributed by atoms with van der Waals surface area (Å²) in [5, 5.41) is 8.37. The summed E-state index contributed by atoms with van der Waals surface area (Å²) < 4.78 is 24.9. The van der Waals surface area contributed by atoms with Crippen LogP contribution in [0.15, 0.2) is 10.9 Å². The van der Waals surface area contributed by atoms with Gasteiger partial charge >= 0.3 is 0 Å². The summed E-state index contributed by atoms with van der Waals surface area (Å²) in [5.41, 5.74) is -0.483. The van der Waals surface area contributed by atoms with Gasteiger partial charge in [0.05, 0.1) is 12.5 Å². The van der Waals surface area contributed by atoms with E-state index in [1.54, 1.807) is 6.07 Å². The van der Waals surface area contributed by atoms with Crippen molar-refractivity contribution >= 4 is 0 Å². The molecule has 5 heteroatoms. The van der Waals surface area contributed by atoms with E-state index in [2.05, 4.69) is 4.98 Å². The van der Waals surface area contributed by atoms with E-state index in [0.717, 1.165) is 6.07 Å². The Morgan fingerprint density at radius 1 is 1.64 bits per heavy atom. The Hall–Kier alpha value is -1.70. The van der Waals surface area contributed by atoms with E-state index >= 15 is 0 Å². The lowest BCUT2D eigenvalue weighted by Crippen LogP contribution is -2.14. The van der Waals surface area contributed by atoms with Gasteiger partial charge in [0, 0.05) is 16.8 Å². The second kappa shape index (κ2) is 4.01. The third-order valence-corrected chi connectivity index (χ3v) is 1.83. The normalized spacial score (nSPS) is 10.2. The van der Waals surface area contributed by atoms with Crippen molar-refractivity contribution in [2.24, 2.45) is 0 Å². The minimum atomic E-state index is -2.67. The molecule has 1 rings (SSSR count). The number of alkyl halides is 2. The second-order valence-electron chi connectivity index (χ2n) is 2.85. The van der Waals surface area contributed by atoms with Gasteiger partial charge in [-0.2, -0.15) is 5.26 Å². The van der Waals surface area contributed by atoms with Crippen molar-refractivity contribution < 1.29 is 8.78 Å². The Balaban J connectivity index is 3.33. The summed E-state index contributed by atoms with van der Waals surface area (Å²) in [4.78, 5) is 13.3. The predicted octanol–water partition coefficient (Wildman–Crippen LogP) is 1.69. The number of aromatic nitrogens is 1. The smallest absolute Gasteiger partial charge is 0.265 e. The zero-order valence-electron chi connectivity index (χ0n) is 7.47. The number of aryl methyl sites for hydroxylation is 1. The third kappa shape index (κ3) is 1.96. The van der Waals surface area contributed by atoms with Crippen LogP contribution in [0.2, 0.25) is 0 Å². The molecule has 14 heavy (non-hydrogen) atoms. The Bertz CT molecular complexity index is 431. The molecule has 0 bridgehead atoms. The molecule has 1 aromatic heterocycles. The van der Waals surface area contributed by atoms with Gasteiger partial charge in [0.2, 0.25) is 0 Å². The highest BCUT2D eigenvalue weighted by molar-refractivity contribution is 5.27. The number of hydrogen-bond donors (Lipinski definition) is 1. The summed E-state index contributed by atoms with van der Waals surface area (Å²) in [5.74, 6) is 0. The van der Waals surface area contributed by atoms with Crippen molar-refractivity contribution in [3.05, 3.63) is 33.2 Å². The maximum Gasteiger partial charge on any atom is 0.265 e. The van der Waals surface area contributed by atoms with Crippen LogP contribution in [0.25, 0.3) is 0 Å². The molecule has 74 valence electrons. The molecule has 0 saturated heterocycles. The molecule has 0 aromatic carbocycles. The molecular weight excluding hydrogens is 190 g/mol. The molecule has 0 aliphatic rings. The number of nitrogens with one attached hydrogen (secondary N) is 1. The maximum absolute atomic E-state index is 12.4. The molecule has 0 unspecified atom stereocenters. The minimum absolute atomic E-state index is 0.00176. The molecular formula is C9H8F2N2O. The van der Waals surface area contributed by atoms with Crippen molar-refractivity contribution in [3.63, 3.8) is 0 Å². The molecule has 0 amide bonds. The van der Waals surface area contributed by atoms with Crippen molar-refractivity contribution in [2.75, 3.05) is 0 Å². The van der Waals surface area contributed by atoms with Gasteiger partial charge in [-0.15, -0.1) is 0 Å². The molecule has 1 aromatic rings. The molecule has 0 aliphatic carbocycles. The molecule has 0 saturated carbocycles. The van der Waals surface area contributed by atoms with Crippen LogP contribution < -0.4 is 5.56 Å². The van der Waals surface area contributed by atoms with Crippen molar-refractivity contribution in [3.8, 4) is 6.07 Å². The summed E-state index contributed by atoms with van der Waals surface area (Å²) in [6.45, 7) is 1.45. The fraction of sp³-hybridized carbons (Fsp3) is 0.333. The van der Waals surface area contributed by atoms with Crippen LogP contribution in [0.5, 0.6) is 0 Å². The number of hydrogen-bond acceptors (Lipinski definition) is 2. The highest BCUT2D eigenvalue weighted by atomic mass is 19.3. The largest absolute Gasteiger partial charge is 0.324 e. The van der Waals surface area contributed by atoms with Crippen LogP contribution >= 0.6 is 0 Å². The number of pyridine rings is 1. The van der Waals surface area contributed by atoms with Crippen LogP contribution in [0, 0.1) is 18.3 Å². The molecule has 0 fully saturated rings. The van der Waals surface area contributed by atoms with Crippen molar-refractivity contribution in [1.82, 2.24) is 4.98 Å². The van der Waals surface area contributed by atoms with Gasteiger partial charge in [0.1, 0.15) is 0 Å². The summed E-state index contributed by atoms with van der Waals surface area (Å²) >= 11 is 0. The van der Waals surface area contributed by atoms with Crippen LogP contribution in [0.1, 0.15) is 23.2 Å². The standard InChI is InChI=1S/C9H8F2N2O/c1-5-4-6(8(10)11)7(2-3-12)13-9(5)14/h4,8H,2H2,1H3,(H,13,14). The number of nitrogens with zero attached hydrogens (tertiary/aromatic N) is 1. The average Bonchev–Trinajstić information content (AvgIpc) is 2.11. The fourth-order valence-corrected chi connectivity index (χ4v) is 1.11. The average molecular weight is 198 g/mol. The van der Waals surface area contributed by atoms with Gasteiger partial charge in [-0.05, 0) is 13.0 Å². The quantitative estimate of drug-likeness (QED) is 0.786. The first-order valence-electron chi connectivity index (χ1n) is 3.94. The van der Waals surface area contributed by atoms with Gasteiger partial charge in [-0.3, -0.25) is 4.79 Å². The molecule has 0 atom stereocenters. The summed E-state index contributed by atoms with van der Waals surface area (Å²) in [6.07, 6.45) is -2.89. The molecule has 1 heterocycles.